The van der Waals surface area contributed by atoms with Gasteiger partial charge in [0.1, 0.15) is 10.8 Å². The van der Waals surface area contributed by atoms with Crippen molar-refractivity contribution in [3.05, 3.63) is 39.1 Å². The molecule has 0 aromatic carbocycles. The van der Waals surface area contributed by atoms with E-state index >= 15 is 0 Å². The van der Waals surface area contributed by atoms with E-state index in [1.165, 1.54) is 23.9 Å². The van der Waals surface area contributed by atoms with E-state index in [0.29, 0.717) is 16.2 Å². The Balaban J connectivity index is 2.07. The molecule has 0 aliphatic heterocycles. The van der Waals surface area contributed by atoms with E-state index in [0.717, 1.165) is 18.5 Å². The van der Waals surface area contributed by atoms with E-state index in [9.17, 15) is 4.79 Å². The summed E-state index contributed by atoms with van der Waals surface area (Å²) in [7, 11) is 0. The topological polar surface area (TPSA) is 63.6 Å². The van der Waals surface area contributed by atoms with Gasteiger partial charge in [-0.2, -0.15) is 0 Å². The van der Waals surface area contributed by atoms with E-state index in [2.05, 4.69) is 31.0 Å². The largest absolute Gasteiger partial charge is 0.292 e. The maximum absolute atomic E-state index is 12.2. The van der Waals surface area contributed by atoms with E-state index in [-0.39, 0.29) is 5.56 Å². The number of nitrogens with zero attached hydrogens (tertiary/aromatic N) is 3. The lowest BCUT2D eigenvalue weighted by Gasteiger charge is -2.06. The molecule has 0 saturated heterocycles. The van der Waals surface area contributed by atoms with Gasteiger partial charge in [-0.25, -0.2) is 14.6 Å². The fourth-order valence-corrected chi connectivity index (χ4v) is 3.09. The molecule has 94 valence electrons. The lowest BCUT2D eigenvalue weighted by molar-refractivity contribution is 0.671. The molecule has 2 aromatic heterocycles. The molecule has 1 fully saturated rings. The van der Waals surface area contributed by atoms with E-state index in [1.807, 2.05) is 0 Å². The first-order valence-corrected chi connectivity index (χ1v) is 6.83. The normalized spacial score (nSPS) is 16.3. The van der Waals surface area contributed by atoms with Crippen LogP contribution in [0.4, 0.5) is 0 Å². The lowest BCUT2D eigenvalue weighted by atomic mass is 10.1. The van der Waals surface area contributed by atoms with Gasteiger partial charge in [-0.05, 0) is 28.8 Å². The van der Waals surface area contributed by atoms with Crippen LogP contribution in [0.2, 0.25) is 0 Å². The first-order valence-electron chi connectivity index (χ1n) is 6.04. The van der Waals surface area contributed by atoms with E-state index in [1.54, 1.807) is 12.3 Å². The van der Waals surface area contributed by atoms with Crippen LogP contribution in [0, 0.1) is 0 Å². The molecule has 0 radical (unpaired) electrons. The molecule has 0 spiro atoms. The van der Waals surface area contributed by atoms with Crippen molar-refractivity contribution in [3.63, 3.8) is 0 Å². The fourth-order valence-electron chi connectivity index (χ4n) is 2.50. The Bertz CT molecular complexity index is 598. The SMILES string of the molecule is O=c1c(Br)c(C2CCCC2)[nH]n1-c1ccncn1. The maximum atomic E-state index is 12.2. The van der Waals surface area contributed by atoms with Crippen LogP contribution in [0.15, 0.2) is 27.9 Å². The van der Waals surface area contributed by atoms with Gasteiger partial charge in [0, 0.05) is 18.2 Å². The summed E-state index contributed by atoms with van der Waals surface area (Å²) in [5, 5.41) is 3.17. The van der Waals surface area contributed by atoms with Gasteiger partial charge < -0.3 is 0 Å². The molecule has 2 aromatic rings. The molecule has 1 saturated carbocycles. The number of rotatable bonds is 2. The summed E-state index contributed by atoms with van der Waals surface area (Å²) in [6.45, 7) is 0. The van der Waals surface area contributed by atoms with Crippen molar-refractivity contribution < 1.29 is 0 Å². The molecular formula is C12H13BrN4O. The number of hydrogen-bond donors (Lipinski definition) is 1. The van der Waals surface area contributed by atoms with Gasteiger partial charge in [0.15, 0.2) is 5.82 Å². The minimum absolute atomic E-state index is 0.0874. The number of halogens is 1. The number of hydrogen-bond acceptors (Lipinski definition) is 3. The maximum Gasteiger partial charge on any atom is 0.287 e. The van der Waals surface area contributed by atoms with Crippen LogP contribution in [0.5, 0.6) is 0 Å². The number of nitrogens with one attached hydrogen (secondary N) is 1. The van der Waals surface area contributed by atoms with Crippen LogP contribution < -0.4 is 5.56 Å². The second-order valence-electron chi connectivity index (χ2n) is 4.53. The predicted molar refractivity (Wildman–Crippen MR) is 70.9 cm³/mol. The minimum atomic E-state index is -0.0874. The number of H-pyrrole nitrogens is 1. The third-order valence-corrected chi connectivity index (χ3v) is 4.18. The molecule has 0 unspecified atom stereocenters. The van der Waals surface area contributed by atoms with Crippen LogP contribution >= 0.6 is 15.9 Å². The first-order chi connectivity index (χ1) is 8.77. The molecule has 1 N–H and O–H groups in total. The van der Waals surface area contributed by atoms with Crippen molar-refractivity contribution in [2.75, 3.05) is 0 Å². The van der Waals surface area contributed by atoms with Gasteiger partial charge in [0.05, 0.1) is 5.69 Å². The quantitative estimate of drug-likeness (QED) is 0.926. The van der Waals surface area contributed by atoms with Crippen LogP contribution in [-0.2, 0) is 0 Å². The molecule has 1 aliphatic rings. The zero-order chi connectivity index (χ0) is 12.5. The molecule has 2 heterocycles. The molecule has 1 aliphatic carbocycles. The third kappa shape index (κ3) is 1.90. The summed E-state index contributed by atoms with van der Waals surface area (Å²) in [4.78, 5) is 20.1. The minimum Gasteiger partial charge on any atom is -0.292 e. The van der Waals surface area contributed by atoms with Crippen LogP contribution in [0.1, 0.15) is 37.3 Å². The van der Waals surface area contributed by atoms with Crippen molar-refractivity contribution in [1.29, 1.82) is 0 Å². The molecular weight excluding hydrogens is 296 g/mol. The van der Waals surface area contributed by atoms with E-state index in [4.69, 9.17) is 0 Å². The molecule has 3 rings (SSSR count). The van der Waals surface area contributed by atoms with Gasteiger partial charge in [0.2, 0.25) is 0 Å². The second kappa shape index (κ2) is 4.68. The van der Waals surface area contributed by atoms with Crippen LogP contribution in [0.25, 0.3) is 5.82 Å². The highest BCUT2D eigenvalue weighted by Gasteiger charge is 2.24. The highest BCUT2D eigenvalue weighted by Crippen LogP contribution is 2.35. The summed E-state index contributed by atoms with van der Waals surface area (Å²) >= 11 is 3.40. The summed E-state index contributed by atoms with van der Waals surface area (Å²) in [5.74, 6) is 1.02. The summed E-state index contributed by atoms with van der Waals surface area (Å²) < 4.78 is 2.10. The first kappa shape index (κ1) is 11.6. The Hall–Kier alpha value is -1.43. The van der Waals surface area contributed by atoms with Crippen molar-refractivity contribution in [3.8, 4) is 5.82 Å². The highest BCUT2D eigenvalue weighted by molar-refractivity contribution is 9.10. The number of aromatic nitrogens is 4. The van der Waals surface area contributed by atoms with Gasteiger partial charge in [-0.3, -0.25) is 9.89 Å². The predicted octanol–water partition coefficient (Wildman–Crippen LogP) is 2.38. The zero-order valence-corrected chi connectivity index (χ0v) is 11.4. The Morgan fingerprint density at radius 3 is 2.83 bits per heavy atom. The Morgan fingerprint density at radius 2 is 2.17 bits per heavy atom. The van der Waals surface area contributed by atoms with Gasteiger partial charge in [-0.1, -0.05) is 12.8 Å². The Kier molecular flexibility index (Phi) is 3.03. The van der Waals surface area contributed by atoms with Crippen LogP contribution in [0.3, 0.4) is 0 Å². The summed E-state index contributed by atoms with van der Waals surface area (Å²) in [6, 6.07) is 1.71. The lowest BCUT2D eigenvalue weighted by Crippen LogP contribution is -2.15. The Morgan fingerprint density at radius 1 is 1.39 bits per heavy atom. The number of aromatic amines is 1. The molecule has 5 nitrogen and oxygen atoms in total. The zero-order valence-electron chi connectivity index (χ0n) is 9.77. The van der Waals surface area contributed by atoms with E-state index < -0.39 is 0 Å². The second-order valence-corrected chi connectivity index (χ2v) is 5.32. The fraction of sp³-hybridized carbons (Fsp3) is 0.417. The summed E-state index contributed by atoms with van der Waals surface area (Å²) in [5.41, 5.74) is 0.909. The van der Waals surface area contributed by atoms with Crippen molar-refractivity contribution in [1.82, 2.24) is 19.7 Å². The van der Waals surface area contributed by atoms with Gasteiger partial charge in [-0.15, -0.1) is 0 Å². The van der Waals surface area contributed by atoms with Crippen LogP contribution in [-0.4, -0.2) is 19.7 Å². The van der Waals surface area contributed by atoms with Crippen molar-refractivity contribution in [2.45, 2.75) is 31.6 Å². The average Bonchev–Trinajstić information content (AvgIpc) is 3.01. The molecule has 18 heavy (non-hydrogen) atoms. The standard InChI is InChI=1S/C12H13BrN4O/c13-10-11(8-3-1-2-4-8)16-17(12(10)18)9-5-6-14-7-15-9/h5-8,16H,1-4H2. The average molecular weight is 309 g/mol. The molecule has 0 amide bonds. The van der Waals surface area contributed by atoms with Crippen molar-refractivity contribution in [2.24, 2.45) is 0 Å². The Labute approximate surface area is 112 Å². The molecule has 6 heteroatoms. The smallest absolute Gasteiger partial charge is 0.287 e. The monoisotopic (exact) mass is 308 g/mol. The molecule has 0 bridgehead atoms. The van der Waals surface area contributed by atoms with Gasteiger partial charge >= 0.3 is 0 Å². The third-order valence-electron chi connectivity index (χ3n) is 3.42. The highest BCUT2D eigenvalue weighted by atomic mass is 79.9. The van der Waals surface area contributed by atoms with Crippen molar-refractivity contribution >= 4 is 15.9 Å². The molecule has 0 atom stereocenters. The van der Waals surface area contributed by atoms with Gasteiger partial charge in [0.25, 0.3) is 5.56 Å². The summed E-state index contributed by atoms with van der Waals surface area (Å²) in [6.07, 6.45) is 7.81.